The fraction of sp³-hybridized carbons (Fsp3) is 0.500. The van der Waals surface area contributed by atoms with Crippen LogP contribution in [-0.2, 0) is 9.57 Å². The molecule has 0 aliphatic heterocycles. The third-order valence-corrected chi connectivity index (χ3v) is 1.04. The molecule has 5 nitrogen and oxygen atoms in total. The second kappa shape index (κ2) is 7.30. The van der Waals surface area contributed by atoms with E-state index < -0.39 is 6.09 Å². The van der Waals surface area contributed by atoms with Gasteiger partial charge in [-0.15, -0.1) is 6.58 Å². The van der Waals surface area contributed by atoms with Crippen molar-refractivity contribution in [3.05, 3.63) is 12.7 Å². The van der Waals surface area contributed by atoms with Crippen molar-refractivity contribution in [1.29, 1.82) is 0 Å². The van der Waals surface area contributed by atoms with Crippen LogP contribution in [0.5, 0.6) is 0 Å². The highest BCUT2D eigenvalue weighted by Crippen LogP contribution is 1.84. The average molecular weight is 186 g/mol. The van der Waals surface area contributed by atoms with Crippen LogP contribution in [0.15, 0.2) is 17.8 Å². The van der Waals surface area contributed by atoms with Crippen molar-refractivity contribution in [3.63, 3.8) is 0 Å². The van der Waals surface area contributed by atoms with Crippen molar-refractivity contribution in [2.45, 2.75) is 6.92 Å². The molecule has 0 bridgehead atoms. The summed E-state index contributed by atoms with van der Waals surface area (Å²) >= 11 is 0. The smallest absolute Gasteiger partial charge is 0.371 e. The van der Waals surface area contributed by atoms with Crippen molar-refractivity contribution in [2.75, 3.05) is 20.3 Å². The van der Waals surface area contributed by atoms with E-state index in [-0.39, 0.29) is 0 Å². The topological polar surface area (TPSA) is 59.9 Å². The van der Waals surface area contributed by atoms with Crippen LogP contribution in [0.25, 0.3) is 0 Å². The molecule has 0 aliphatic carbocycles. The fourth-order valence-corrected chi connectivity index (χ4v) is 0.481. The minimum Gasteiger partial charge on any atom is -0.371 e. The zero-order valence-electron chi connectivity index (χ0n) is 7.87. The lowest BCUT2D eigenvalue weighted by atomic mass is 10.5. The van der Waals surface area contributed by atoms with Crippen LogP contribution in [0.4, 0.5) is 4.79 Å². The van der Waals surface area contributed by atoms with Crippen LogP contribution >= 0.6 is 0 Å². The number of hydrogen-bond donors (Lipinski definition) is 1. The molecule has 0 spiro atoms. The maximum atomic E-state index is 10.5. The zero-order chi connectivity index (χ0) is 10.1. The maximum Gasteiger partial charge on any atom is 0.433 e. The normalized spacial score (nSPS) is 10.8. The van der Waals surface area contributed by atoms with E-state index in [0.29, 0.717) is 18.9 Å². The molecule has 0 aliphatic rings. The summed E-state index contributed by atoms with van der Waals surface area (Å²) in [5.41, 5.74) is 0.588. The first-order valence-corrected chi connectivity index (χ1v) is 3.81. The SMILES string of the molecule is C=CCOCC(C)=NOC(=O)NC. The number of carbonyl (C=O) groups excluding carboxylic acids is 1. The minimum absolute atomic E-state index is 0.322. The van der Waals surface area contributed by atoms with Crippen LogP contribution in [0, 0.1) is 0 Å². The number of carbonyl (C=O) groups is 1. The third-order valence-electron chi connectivity index (χ3n) is 1.04. The van der Waals surface area contributed by atoms with E-state index in [9.17, 15) is 4.79 Å². The first kappa shape index (κ1) is 11.6. The van der Waals surface area contributed by atoms with Gasteiger partial charge in [0.1, 0.15) is 0 Å². The van der Waals surface area contributed by atoms with Crippen LogP contribution < -0.4 is 5.32 Å². The lowest BCUT2D eigenvalue weighted by molar-refractivity contribution is 0.149. The second-order valence-corrected chi connectivity index (χ2v) is 2.26. The molecule has 0 saturated heterocycles. The van der Waals surface area contributed by atoms with Crippen LogP contribution in [0.2, 0.25) is 0 Å². The van der Waals surface area contributed by atoms with Crippen molar-refractivity contribution < 1.29 is 14.4 Å². The molecule has 0 aromatic rings. The summed E-state index contributed by atoms with van der Waals surface area (Å²) in [6.45, 7) is 5.96. The van der Waals surface area contributed by atoms with E-state index in [4.69, 9.17) is 4.74 Å². The van der Waals surface area contributed by atoms with Crippen LogP contribution in [-0.4, -0.2) is 32.1 Å². The Balaban J connectivity index is 3.62. The summed E-state index contributed by atoms with van der Waals surface area (Å²) in [6.07, 6.45) is 1.04. The van der Waals surface area contributed by atoms with Gasteiger partial charge < -0.3 is 10.1 Å². The molecule has 0 aromatic carbocycles. The zero-order valence-corrected chi connectivity index (χ0v) is 7.87. The van der Waals surface area contributed by atoms with Crippen LogP contribution in [0.1, 0.15) is 6.92 Å². The Hall–Kier alpha value is -1.36. The van der Waals surface area contributed by atoms with E-state index in [2.05, 4.69) is 21.9 Å². The number of amides is 1. The quantitative estimate of drug-likeness (QED) is 0.228. The Bertz CT molecular complexity index is 202. The van der Waals surface area contributed by atoms with Gasteiger partial charge in [-0.2, -0.15) is 0 Å². The van der Waals surface area contributed by atoms with E-state index in [0.717, 1.165) is 0 Å². The van der Waals surface area contributed by atoms with Gasteiger partial charge in [-0.25, -0.2) is 4.79 Å². The van der Waals surface area contributed by atoms with Gasteiger partial charge in [0.2, 0.25) is 0 Å². The maximum absolute atomic E-state index is 10.5. The molecular weight excluding hydrogens is 172 g/mol. The third kappa shape index (κ3) is 7.02. The number of rotatable bonds is 5. The van der Waals surface area contributed by atoms with Crippen molar-refractivity contribution in [1.82, 2.24) is 5.32 Å². The highest BCUT2D eigenvalue weighted by atomic mass is 16.7. The molecule has 13 heavy (non-hydrogen) atoms. The Kier molecular flexibility index (Phi) is 6.53. The Morgan fingerprint density at radius 3 is 2.92 bits per heavy atom. The average Bonchev–Trinajstić information content (AvgIpc) is 2.14. The van der Waals surface area contributed by atoms with Crippen molar-refractivity contribution in [2.24, 2.45) is 5.16 Å². The summed E-state index contributed by atoms with van der Waals surface area (Å²) in [6, 6.07) is 0. The van der Waals surface area contributed by atoms with E-state index in [1.54, 1.807) is 13.0 Å². The summed E-state index contributed by atoms with van der Waals surface area (Å²) in [5, 5.41) is 5.77. The summed E-state index contributed by atoms with van der Waals surface area (Å²) in [5.74, 6) is 0. The highest BCUT2D eigenvalue weighted by molar-refractivity contribution is 5.83. The largest absolute Gasteiger partial charge is 0.433 e. The molecule has 5 heteroatoms. The van der Waals surface area contributed by atoms with Gasteiger partial charge in [-0.1, -0.05) is 11.2 Å². The van der Waals surface area contributed by atoms with Gasteiger partial charge in [-0.3, -0.25) is 4.84 Å². The Morgan fingerprint density at radius 1 is 1.69 bits per heavy atom. The van der Waals surface area contributed by atoms with Crippen molar-refractivity contribution >= 4 is 11.8 Å². The van der Waals surface area contributed by atoms with E-state index in [1.807, 2.05) is 0 Å². The summed E-state index contributed by atoms with van der Waals surface area (Å²) in [4.78, 5) is 15.0. The number of hydrogen-bond acceptors (Lipinski definition) is 4. The fourth-order valence-electron chi connectivity index (χ4n) is 0.481. The summed E-state index contributed by atoms with van der Waals surface area (Å²) < 4.78 is 5.05. The molecule has 0 atom stereocenters. The molecule has 0 rings (SSSR count). The molecule has 0 unspecified atom stereocenters. The molecule has 1 N–H and O–H groups in total. The van der Waals surface area contributed by atoms with Gasteiger partial charge in [0, 0.05) is 7.05 Å². The van der Waals surface area contributed by atoms with Crippen molar-refractivity contribution in [3.8, 4) is 0 Å². The molecule has 0 radical (unpaired) electrons. The number of ether oxygens (including phenoxy) is 1. The number of oxime groups is 1. The second-order valence-electron chi connectivity index (χ2n) is 2.26. The highest BCUT2D eigenvalue weighted by Gasteiger charge is 1.96. The molecule has 0 heterocycles. The standard InChI is InChI=1S/C8H14N2O3/c1-4-5-12-6-7(2)10-13-8(11)9-3/h4H,1,5-6H2,2-3H3,(H,9,11). The molecule has 1 amide bonds. The number of nitrogens with one attached hydrogen (secondary N) is 1. The van der Waals surface area contributed by atoms with Gasteiger partial charge in [0.15, 0.2) is 0 Å². The van der Waals surface area contributed by atoms with Gasteiger partial charge in [-0.05, 0) is 6.92 Å². The van der Waals surface area contributed by atoms with E-state index in [1.165, 1.54) is 7.05 Å². The monoisotopic (exact) mass is 186 g/mol. The van der Waals surface area contributed by atoms with E-state index >= 15 is 0 Å². The predicted molar refractivity (Wildman–Crippen MR) is 49.7 cm³/mol. The minimum atomic E-state index is -0.594. The first-order valence-electron chi connectivity index (χ1n) is 3.81. The molecular formula is C8H14N2O3. The molecule has 0 fully saturated rings. The van der Waals surface area contributed by atoms with Crippen LogP contribution in [0.3, 0.4) is 0 Å². The predicted octanol–water partition coefficient (Wildman–Crippen LogP) is 0.921. The van der Waals surface area contributed by atoms with Gasteiger partial charge in [0.25, 0.3) is 0 Å². The lowest BCUT2D eigenvalue weighted by Gasteiger charge is -2.00. The first-order chi connectivity index (χ1) is 6.20. The molecule has 74 valence electrons. The summed E-state index contributed by atoms with van der Waals surface area (Å²) in [7, 11) is 1.46. The molecule has 0 saturated carbocycles. The Labute approximate surface area is 77.4 Å². The van der Waals surface area contributed by atoms with Gasteiger partial charge >= 0.3 is 6.09 Å². The lowest BCUT2D eigenvalue weighted by Crippen LogP contribution is -2.18. The number of nitrogens with zero attached hydrogens (tertiary/aromatic N) is 1. The Morgan fingerprint density at radius 2 is 2.38 bits per heavy atom. The van der Waals surface area contributed by atoms with Gasteiger partial charge in [0.05, 0.1) is 18.9 Å². The molecule has 0 aromatic heterocycles.